The van der Waals surface area contributed by atoms with Crippen LogP contribution in [0.25, 0.3) is 10.9 Å². The molecular weight excluding hydrogens is 402 g/mol. The molecule has 4 rings (SSSR count). The number of fused-ring (bicyclic) bond motifs is 1. The number of hydrogen-bond acceptors (Lipinski definition) is 6. The van der Waals surface area contributed by atoms with Crippen molar-refractivity contribution in [2.75, 3.05) is 19.0 Å². The highest BCUT2D eigenvalue weighted by molar-refractivity contribution is 5.89. The Bertz CT molecular complexity index is 1230. The molecule has 1 N–H and O–H groups in total. The molecule has 0 unspecified atom stereocenters. The molecule has 2 heterocycles. The minimum Gasteiger partial charge on any atom is -0.493 e. The van der Waals surface area contributed by atoms with Crippen molar-refractivity contribution in [1.82, 2.24) is 15.0 Å². The van der Waals surface area contributed by atoms with E-state index < -0.39 is 11.6 Å². The second-order valence-corrected chi connectivity index (χ2v) is 6.91. The van der Waals surface area contributed by atoms with E-state index in [-0.39, 0.29) is 16.7 Å². The average molecular weight is 422 g/mol. The Morgan fingerprint density at radius 1 is 0.935 bits per heavy atom. The van der Waals surface area contributed by atoms with Crippen LogP contribution in [0, 0.1) is 18.6 Å². The second kappa shape index (κ2) is 8.91. The van der Waals surface area contributed by atoms with E-state index in [4.69, 9.17) is 9.47 Å². The van der Waals surface area contributed by atoms with E-state index in [9.17, 15) is 8.78 Å². The molecule has 0 aliphatic rings. The van der Waals surface area contributed by atoms with Gasteiger partial charge in [0.15, 0.2) is 11.5 Å². The summed E-state index contributed by atoms with van der Waals surface area (Å²) >= 11 is 0. The molecule has 6 nitrogen and oxygen atoms in total. The predicted molar refractivity (Wildman–Crippen MR) is 114 cm³/mol. The fourth-order valence-electron chi connectivity index (χ4n) is 3.19. The number of anilines is 1. The molecular formula is C23H20F2N4O2. The minimum atomic E-state index is -0.592. The summed E-state index contributed by atoms with van der Waals surface area (Å²) in [7, 11) is 1.57. The predicted octanol–water partition coefficient (Wildman–Crippen LogP) is 5.07. The molecule has 4 aromatic rings. The van der Waals surface area contributed by atoms with Crippen LogP contribution >= 0.6 is 0 Å². The lowest BCUT2D eigenvalue weighted by atomic mass is 10.1. The van der Waals surface area contributed by atoms with E-state index in [0.717, 1.165) is 23.3 Å². The number of nitrogens with zero attached hydrogens (tertiary/aromatic N) is 3. The molecule has 158 valence electrons. The number of halogens is 2. The van der Waals surface area contributed by atoms with Crippen LogP contribution in [0.5, 0.6) is 17.4 Å². The van der Waals surface area contributed by atoms with Crippen LogP contribution in [0.2, 0.25) is 0 Å². The van der Waals surface area contributed by atoms with Crippen LogP contribution in [0.1, 0.15) is 11.1 Å². The van der Waals surface area contributed by atoms with Crippen LogP contribution in [-0.2, 0) is 6.42 Å². The van der Waals surface area contributed by atoms with Crippen molar-refractivity contribution in [3.05, 3.63) is 77.8 Å². The fourth-order valence-corrected chi connectivity index (χ4v) is 3.19. The molecule has 31 heavy (non-hydrogen) atoms. The minimum absolute atomic E-state index is 0.0366. The topological polar surface area (TPSA) is 69.2 Å². The standard InChI is InChI=1S/C23H20F2N4O2/c1-14-7-9-26-20(11-14)31-18-6-3-15(12-19(18)30-2)8-10-27-23-21-16(24)4-5-17(25)22(21)28-13-29-23/h3-7,9,11-13H,8,10H2,1-2H3,(H,27,28,29). The maximum Gasteiger partial charge on any atom is 0.219 e. The first-order valence-electron chi connectivity index (χ1n) is 9.65. The number of aromatic nitrogens is 3. The summed E-state index contributed by atoms with van der Waals surface area (Å²) in [4.78, 5) is 12.1. The van der Waals surface area contributed by atoms with Crippen LogP contribution in [0.15, 0.2) is 55.0 Å². The van der Waals surface area contributed by atoms with E-state index in [1.807, 2.05) is 37.3 Å². The van der Waals surface area contributed by atoms with E-state index in [1.165, 1.54) is 6.33 Å². The van der Waals surface area contributed by atoms with Crippen molar-refractivity contribution in [3.8, 4) is 17.4 Å². The first kappa shape index (κ1) is 20.5. The monoisotopic (exact) mass is 422 g/mol. The number of hydrogen-bond donors (Lipinski definition) is 1. The highest BCUT2D eigenvalue weighted by Gasteiger charge is 2.13. The van der Waals surface area contributed by atoms with Crippen molar-refractivity contribution in [2.24, 2.45) is 0 Å². The number of ether oxygens (including phenoxy) is 2. The zero-order valence-electron chi connectivity index (χ0n) is 17.0. The summed E-state index contributed by atoms with van der Waals surface area (Å²) in [5.74, 6) is 0.688. The van der Waals surface area contributed by atoms with Gasteiger partial charge in [-0.15, -0.1) is 0 Å². The lowest BCUT2D eigenvalue weighted by Gasteiger charge is -2.12. The van der Waals surface area contributed by atoms with Gasteiger partial charge in [0.25, 0.3) is 0 Å². The Morgan fingerprint density at radius 3 is 2.58 bits per heavy atom. The van der Waals surface area contributed by atoms with E-state index >= 15 is 0 Å². The average Bonchev–Trinajstić information content (AvgIpc) is 2.77. The van der Waals surface area contributed by atoms with Crippen LogP contribution < -0.4 is 14.8 Å². The molecule has 2 aromatic heterocycles. The molecule has 0 fully saturated rings. The summed E-state index contributed by atoms with van der Waals surface area (Å²) in [5, 5.41) is 3.10. The molecule has 2 aromatic carbocycles. The third-order valence-electron chi connectivity index (χ3n) is 4.73. The number of pyridine rings is 1. The quantitative estimate of drug-likeness (QED) is 0.449. The van der Waals surface area contributed by atoms with Crippen molar-refractivity contribution in [1.29, 1.82) is 0 Å². The Kier molecular flexibility index (Phi) is 5.88. The number of methoxy groups -OCH3 is 1. The van der Waals surface area contributed by atoms with Gasteiger partial charge in [-0.3, -0.25) is 0 Å². The second-order valence-electron chi connectivity index (χ2n) is 6.91. The Balaban J connectivity index is 1.47. The van der Waals surface area contributed by atoms with Gasteiger partial charge in [-0.1, -0.05) is 6.07 Å². The van der Waals surface area contributed by atoms with E-state index in [1.54, 1.807) is 13.3 Å². The molecule has 0 amide bonds. The van der Waals surface area contributed by atoms with Gasteiger partial charge in [-0.25, -0.2) is 23.7 Å². The normalized spacial score (nSPS) is 10.8. The lowest BCUT2D eigenvalue weighted by molar-refractivity contribution is 0.373. The highest BCUT2D eigenvalue weighted by Crippen LogP contribution is 2.32. The third kappa shape index (κ3) is 4.53. The molecule has 0 saturated heterocycles. The van der Waals surface area contributed by atoms with Crippen molar-refractivity contribution in [2.45, 2.75) is 13.3 Å². The molecule has 0 aliphatic heterocycles. The third-order valence-corrected chi connectivity index (χ3v) is 4.73. The number of benzene rings is 2. The summed E-state index contributed by atoms with van der Waals surface area (Å²) < 4.78 is 39.4. The zero-order chi connectivity index (χ0) is 21.8. The van der Waals surface area contributed by atoms with Crippen molar-refractivity contribution in [3.63, 3.8) is 0 Å². The van der Waals surface area contributed by atoms with Gasteiger partial charge >= 0.3 is 0 Å². The number of aryl methyl sites for hydroxylation is 1. The van der Waals surface area contributed by atoms with Gasteiger partial charge in [0.1, 0.15) is 29.3 Å². The summed E-state index contributed by atoms with van der Waals surface area (Å²) in [6.45, 7) is 2.41. The van der Waals surface area contributed by atoms with Crippen molar-refractivity contribution >= 4 is 16.7 Å². The first-order chi connectivity index (χ1) is 15.0. The molecule has 0 atom stereocenters. The highest BCUT2D eigenvalue weighted by atomic mass is 19.1. The molecule has 0 saturated carbocycles. The van der Waals surface area contributed by atoms with Gasteiger partial charge in [0.2, 0.25) is 5.88 Å². The molecule has 0 bridgehead atoms. The largest absolute Gasteiger partial charge is 0.493 e. The maximum absolute atomic E-state index is 14.2. The zero-order valence-corrected chi connectivity index (χ0v) is 17.0. The van der Waals surface area contributed by atoms with Crippen LogP contribution in [0.4, 0.5) is 14.6 Å². The summed E-state index contributed by atoms with van der Waals surface area (Å²) in [6, 6.07) is 11.4. The summed E-state index contributed by atoms with van der Waals surface area (Å²) in [5.41, 5.74) is 1.96. The van der Waals surface area contributed by atoms with E-state index in [2.05, 4.69) is 20.3 Å². The van der Waals surface area contributed by atoms with Gasteiger partial charge in [0.05, 0.1) is 12.5 Å². The van der Waals surface area contributed by atoms with Gasteiger partial charge in [-0.05, 0) is 54.8 Å². The molecule has 0 radical (unpaired) electrons. The molecule has 0 spiro atoms. The SMILES string of the molecule is COc1cc(CCNc2ncnc3c(F)ccc(F)c23)ccc1Oc1cc(C)ccn1. The Labute approximate surface area is 177 Å². The first-order valence-corrected chi connectivity index (χ1v) is 9.65. The van der Waals surface area contributed by atoms with Crippen molar-refractivity contribution < 1.29 is 18.3 Å². The molecule has 8 heteroatoms. The molecule has 0 aliphatic carbocycles. The number of rotatable bonds is 7. The Hall–Kier alpha value is -3.81. The number of nitrogens with one attached hydrogen (secondary N) is 1. The lowest BCUT2D eigenvalue weighted by Crippen LogP contribution is -2.08. The van der Waals surface area contributed by atoms with Gasteiger partial charge < -0.3 is 14.8 Å². The van der Waals surface area contributed by atoms with Gasteiger partial charge in [-0.2, -0.15) is 0 Å². The van der Waals surface area contributed by atoms with Gasteiger partial charge in [0, 0.05) is 18.8 Å². The van der Waals surface area contributed by atoms with E-state index in [0.29, 0.717) is 30.3 Å². The smallest absolute Gasteiger partial charge is 0.219 e. The fraction of sp³-hybridized carbons (Fsp3) is 0.174. The summed E-state index contributed by atoms with van der Waals surface area (Å²) in [6.07, 6.45) is 3.49. The van der Waals surface area contributed by atoms with Crippen LogP contribution in [0.3, 0.4) is 0 Å². The maximum atomic E-state index is 14.2. The Morgan fingerprint density at radius 2 is 1.77 bits per heavy atom. The van der Waals surface area contributed by atoms with Crippen LogP contribution in [-0.4, -0.2) is 28.6 Å².